The van der Waals surface area contributed by atoms with Gasteiger partial charge in [0.25, 0.3) is 5.91 Å². The third-order valence-electron chi connectivity index (χ3n) is 5.11. The van der Waals surface area contributed by atoms with Crippen LogP contribution in [-0.4, -0.2) is 48.0 Å². The van der Waals surface area contributed by atoms with E-state index in [4.69, 9.17) is 28.2 Å². The first-order chi connectivity index (χ1) is 15.0. The molecule has 0 unspecified atom stereocenters. The van der Waals surface area contributed by atoms with Crippen LogP contribution in [0.4, 0.5) is 11.4 Å². The molecule has 3 rings (SSSR count). The van der Waals surface area contributed by atoms with Crippen molar-refractivity contribution in [3.8, 4) is 0 Å². The number of halogens is 1. The van der Waals surface area contributed by atoms with Crippen molar-refractivity contribution in [3.63, 3.8) is 0 Å². The molecule has 2 heterocycles. The van der Waals surface area contributed by atoms with Gasteiger partial charge in [0.15, 0.2) is 10.9 Å². The predicted octanol–water partition coefficient (Wildman–Crippen LogP) is 4.29. The smallest absolute Gasteiger partial charge is 0.289 e. The van der Waals surface area contributed by atoms with Gasteiger partial charge in [-0.1, -0.05) is 31.4 Å². The van der Waals surface area contributed by atoms with Crippen molar-refractivity contribution < 1.29 is 14.0 Å². The van der Waals surface area contributed by atoms with Gasteiger partial charge in [0.05, 0.1) is 17.0 Å². The highest BCUT2D eigenvalue weighted by Gasteiger charge is 2.24. The zero-order chi connectivity index (χ0) is 22.2. The number of hydrogen-bond acceptors (Lipinski definition) is 5. The van der Waals surface area contributed by atoms with Crippen molar-refractivity contribution in [2.75, 3.05) is 36.4 Å². The summed E-state index contributed by atoms with van der Waals surface area (Å²) in [5.74, 6) is 0.173. The topological polar surface area (TPSA) is 77.8 Å². The number of benzene rings is 1. The molecule has 2 N–H and O–H groups in total. The summed E-state index contributed by atoms with van der Waals surface area (Å²) < 4.78 is 5.20. The van der Waals surface area contributed by atoms with E-state index in [0.717, 1.165) is 24.9 Å². The SMILES string of the molecule is CCCCCC(=O)NC(=S)Nc1ccc(N2CCN(C(=O)c3ccco3)CC2)c(Cl)c1. The quantitative estimate of drug-likeness (QED) is 0.472. The Hall–Kier alpha value is -2.58. The predicted molar refractivity (Wildman–Crippen MR) is 127 cm³/mol. The second-order valence-corrected chi connectivity index (χ2v) is 8.20. The number of thiocarbonyl (C=S) groups is 1. The Morgan fingerprint density at radius 1 is 1.16 bits per heavy atom. The number of rotatable bonds is 7. The van der Waals surface area contributed by atoms with E-state index in [9.17, 15) is 9.59 Å². The van der Waals surface area contributed by atoms with Crippen LogP contribution in [0.2, 0.25) is 5.02 Å². The van der Waals surface area contributed by atoms with Gasteiger partial charge in [-0.3, -0.25) is 9.59 Å². The first-order valence-corrected chi connectivity index (χ1v) is 11.2. The van der Waals surface area contributed by atoms with Gasteiger partial charge in [0.1, 0.15) is 0 Å². The minimum Gasteiger partial charge on any atom is -0.459 e. The Bertz CT molecular complexity index is 911. The van der Waals surface area contributed by atoms with Crippen LogP contribution in [0.3, 0.4) is 0 Å². The molecule has 1 aliphatic rings. The lowest BCUT2D eigenvalue weighted by molar-refractivity contribution is -0.119. The lowest BCUT2D eigenvalue weighted by atomic mass is 10.2. The summed E-state index contributed by atoms with van der Waals surface area (Å²) in [5.41, 5.74) is 1.60. The van der Waals surface area contributed by atoms with Crippen LogP contribution in [0, 0.1) is 0 Å². The molecular formula is C22H27ClN4O3S. The number of piperazine rings is 1. The van der Waals surface area contributed by atoms with Gasteiger partial charge in [-0.15, -0.1) is 0 Å². The number of hydrogen-bond donors (Lipinski definition) is 2. The molecule has 1 fully saturated rings. The van der Waals surface area contributed by atoms with E-state index in [1.807, 2.05) is 12.1 Å². The Morgan fingerprint density at radius 3 is 2.58 bits per heavy atom. The second kappa shape index (κ2) is 11.2. The van der Waals surface area contributed by atoms with Gasteiger partial charge < -0.3 is 24.9 Å². The number of nitrogens with one attached hydrogen (secondary N) is 2. The Labute approximate surface area is 192 Å². The third-order valence-corrected chi connectivity index (χ3v) is 5.61. The van der Waals surface area contributed by atoms with E-state index >= 15 is 0 Å². The maximum Gasteiger partial charge on any atom is 0.289 e. The normalized spacial score (nSPS) is 13.7. The average Bonchev–Trinajstić information content (AvgIpc) is 3.28. The summed E-state index contributed by atoms with van der Waals surface area (Å²) in [6, 6.07) is 8.96. The van der Waals surface area contributed by atoms with Crippen molar-refractivity contribution in [2.24, 2.45) is 0 Å². The van der Waals surface area contributed by atoms with Crippen molar-refractivity contribution >= 4 is 52.1 Å². The number of carbonyl (C=O) groups excluding carboxylic acids is 2. The summed E-state index contributed by atoms with van der Waals surface area (Å²) in [7, 11) is 0. The lowest BCUT2D eigenvalue weighted by Gasteiger charge is -2.36. The van der Waals surface area contributed by atoms with Gasteiger partial charge in [0, 0.05) is 38.3 Å². The molecular weight excluding hydrogens is 436 g/mol. The first-order valence-electron chi connectivity index (χ1n) is 10.5. The molecule has 166 valence electrons. The Kier molecular flexibility index (Phi) is 8.31. The fourth-order valence-electron chi connectivity index (χ4n) is 3.43. The molecule has 0 spiro atoms. The highest BCUT2D eigenvalue weighted by molar-refractivity contribution is 7.80. The molecule has 0 saturated carbocycles. The van der Waals surface area contributed by atoms with Crippen molar-refractivity contribution in [3.05, 3.63) is 47.4 Å². The molecule has 0 radical (unpaired) electrons. The molecule has 2 aromatic rings. The summed E-state index contributed by atoms with van der Waals surface area (Å²) in [5, 5.41) is 6.54. The standard InChI is InChI=1S/C22H27ClN4O3S/c1-2-3-4-7-20(28)25-22(31)24-16-8-9-18(17(23)15-16)26-10-12-27(13-11-26)21(29)19-6-5-14-30-19/h5-6,8-9,14-15H,2-4,7,10-13H2,1H3,(H2,24,25,28,31). The molecule has 0 aliphatic carbocycles. The largest absolute Gasteiger partial charge is 0.459 e. The highest BCUT2D eigenvalue weighted by atomic mass is 35.5. The molecule has 31 heavy (non-hydrogen) atoms. The minimum atomic E-state index is -0.0967. The van der Waals surface area contributed by atoms with Crippen LogP contribution < -0.4 is 15.5 Å². The molecule has 1 saturated heterocycles. The van der Waals surface area contributed by atoms with E-state index in [1.54, 1.807) is 23.1 Å². The molecule has 7 nitrogen and oxygen atoms in total. The number of nitrogens with zero attached hydrogens (tertiary/aromatic N) is 2. The zero-order valence-corrected chi connectivity index (χ0v) is 19.1. The van der Waals surface area contributed by atoms with Gasteiger partial charge in [-0.25, -0.2) is 0 Å². The summed E-state index contributed by atoms with van der Waals surface area (Å²) in [6.45, 7) is 4.61. The van der Waals surface area contributed by atoms with Crippen LogP contribution in [0.25, 0.3) is 0 Å². The van der Waals surface area contributed by atoms with Crippen LogP contribution in [0.1, 0.15) is 43.2 Å². The minimum absolute atomic E-state index is 0.0874. The number of carbonyl (C=O) groups is 2. The molecule has 0 atom stereocenters. The molecule has 1 aromatic carbocycles. The van der Waals surface area contributed by atoms with Crippen molar-refractivity contribution in [1.82, 2.24) is 10.2 Å². The Morgan fingerprint density at radius 2 is 1.94 bits per heavy atom. The maximum absolute atomic E-state index is 12.4. The average molecular weight is 463 g/mol. The van der Waals surface area contributed by atoms with E-state index in [-0.39, 0.29) is 16.9 Å². The molecule has 0 bridgehead atoms. The summed E-state index contributed by atoms with van der Waals surface area (Å²) in [6.07, 6.45) is 4.91. The number of unbranched alkanes of at least 4 members (excludes halogenated alkanes) is 2. The van der Waals surface area contributed by atoms with Gasteiger partial charge in [0.2, 0.25) is 5.91 Å². The van der Waals surface area contributed by atoms with Crippen LogP contribution in [0.5, 0.6) is 0 Å². The second-order valence-electron chi connectivity index (χ2n) is 7.38. The molecule has 1 aromatic heterocycles. The fourth-order valence-corrected chi connectivity index (χ4v) is 3.97. The summed E-state index contributed by atoms with van der Waals surface area (Å²) in [4.78, 5) is 28.2. The maximum atomic E-state index is 12.4. The zero-order valence-electron chi connectivity index (χ0n) is 17.5. The third kappa shape index (κ3) is 6.45. The number of amides is 2. The van der Waals surface area contributed by atoms with Crippen molar-refractivity contribution in [1.29, 1.82) is 0 Å². The van der Waals surface area contributed by atoms with E-state index in [2.05, 4.69) is 22.5 Å². The molecule has 9 heteroatoms. The molecule has 1 aliphatic heterocycles. The van der Waals surface area contributed by atoms with Gasteiger partial charge in [-0.05, 0) is 49.0 Å². The highest BCUT2D eigenvalue weighted by Crippen LogP contribution is 2.30. The number of furan rings is 1. The first kappa shape index (κ1) is 23.1. The Balaban J connectivity index is 1.51. The van der Waals surface area contributed by atoms with E-state index < -0.39 is 0 Å². The lowest BCUT2D eigenvalue weighted by Crippen LogP contribution is -2.48. The van der Waals surface area contributed by atoms with Gasteiger partial charge >= 0.3 is 0 Å². The van der Waals surface area contributed by atoms with E-state index in [1.165, 1.54) is 6.26 Å². The fraction of sp³-hybridized carbons (Fsp3) is 0.409. The van der Waals surface area contributed by atoms with Gasteiger partial charge in [-0.2, -0.15) is 0 Å². The summed E-state index contributed by atoms with van der Waals surface area (Å²) >= 11 is 11.7. The molecule has 2 amide bonds. The van der Waals surface area contributed by atoms with E-state index in [0.29, 0.717) is 49.1 Å². The van der Waals surface area contributed by atoms with Crippen LogP contribution >= 0.6 is 23.8 Å². The monoisotopic (exact) mass is 462 g/mol. The van der Waals surface area contributed by atoms with Crippen LogP contribution in [0.15, 0.2) is 41.0 Å². The number of anilines is 2. The van der Waals surface area contributed by atoms with Crippen molar-refractivity contribution in [2.45, 2.75) is 32.6 Å². The van der Waals surface area contributed by atoms with Crippen LogP contribution in [-0.2, 0) is 4.79 Å².